The van der Waals surface area contributed by atoms with Crippen LogP contribution in [-0.2, 0) is 21.2 Å². The van der Waals surface area contributed by atoms with Crippen molar-refractivity contribution >= 4 is 16.0 Å². The Labute approximate surface area is 105 Å². The van der Waals surface area contributed by atoms with E-state index >= 15 is 0 Å². The number of hydrogen-bond donors (Lipinski definition) is 3. The van der Waals surface area contributed by atoms with Crippen molar-refractivity contribution in [2.75, 3.05) is 6.54 Å². The Kier molecular flexibility index (Phi) is 4.83. The van der Waals surface area contributed by atoms with E-state index in [2.05, 4.69) is 4.72 Å². The molecule has 1 aromatic rings. The van der Waals surface area contributed by atoms with Gasteiger partial charge in [0.15, 0.2) is 0 Å². The first-order valence-corrected chi connectivity index (χ1v) is 6.78. The lowest BCUT2D eigenvalue weighted by atomic mass is 10.2. The predicted molar refractivity (Wildman–Crippen MR) is 64.7 cm³/mol. The van der Waals surface area contributed by atoms with Gasteiger partial charge in [0.25, 0.3) is 0 Å². The summed E-state index contributed by atoms with van der Waals surface area (Å²) in [6.45, 7) is 1.40. The third kappa shape index (κ3) is 4.44. The van der Waals surface area contributed by atoms with Gasteiger partial charge in [0, 0.05) is 6.54 Å². The van der Waals surface area contributed by atoms with Crippen LogP contribution in [0.3, 0.4) is 0 Å². The monoisotopic (exact) mass is 273 g/mol. The zero-order valence-electron chi connectivity index (χ0n) is 9.83. The molecule has 0 radical (unpaired) electrons. The van der Waals surface area contributed by atoms with Gasteiger partial charge in [-0.25, -0.2) is 13.1 Å². The largest absolute Gasteiger partial charge is 0.481 e. The Morgan fingerprint density at radius 3 is 2.33 bits per heavy atom. The lowest BCUT2D eigenvalue weighted by Crippen LogP contribution is -2.30. The molecular formula is C11H15NO5S. The summed E-state index contributed by atoms with van der Waals surface area (Å²) in [6, 6.07) is 5.57. The van der Waals surface area contributed by atoms with Crippen LogP contribution in [0.5, 0.6) is 0 Å². The molecule has 6 nitrogen and oxygen atoms in total. The molecule has 0 aliphatic rings. The maximum Gasteiger partial charge on any atom is 0.307 e. The fraction of sp³-hybridized carbons (Fsp3) is 0.364. The molecule has 0 bridgehead atoms. The summed E-state index contributed by atoms with van der Waals surface area (Å²) in [7, 11) is -3.66. The zero-order valence-corrected chi connectivity index (χ0v) is 10.6. The van der Waals surface area contributed by atoms with E-state index in [-0.39, 0.29) is 17.9 Å². The lowest BCUT2D eigenvalue weighted by Gasteiger charge is -2.08. The Morgan fingerprint density at radius 2 is 1.89 bits per heavy atom. The van der Waals surface area contributed by atoms with E-state index in [0.717, 1.165) is 0 Å². The number of carbonyl (C=O) groups is 1. The first-order chi connectivity index (χ1) is 8.31. The standard InChI is InChI=1S/C11H15NO5S/c1-8(13)7-12-18(16,17)10-4-2-9(3-5-10)6-11(14)15/h2-5,8,12-13H,6-7H2,1H3,(H,14,15). The van der Waals surface area contributed by atoms with Crippen molar-refractivity contribution in [3.63, 3.8) is 0 Å². The maximum absolute atomic E-state index is 11.7. The molecular weight excluding hydrogens is 258 g/mol. The SMILES string of the molecule is CC(O)CNS(=O)(=O)c1ccc(CC(=O)O)cc1. The van der Waals surface area contributed by atoms with Gasteiger partial charge in [0.1, 0.15) is 0 Å². The van der Waals surface area contributed by atoms with Crippen molar-refractivity contribution < 1.29 is 23.4 Å². The van der Waals surface area contributed by atoms with Gasteiger partial charge in [-0.05, 0) is 24.6 Å². The fourth-order valence-corrected chi connectivity index (χ4v) is 2.40. The topological polar surface area (TPSA) is 104 Å². The Balaban J connectivity index is 2.81. The highest BCUT2D eigenvalue weighted by molar-refractivity contribution is 7.89. The Morgan fingerprint density at radius 1 is 1.33 bits per heavy atom. The average Bonchev–Trinajstić information content (AvgIpc) is 2.26. The van der Waals surface area contributed by atoms with Crippen LogP contribution < -0.4 is 4.72 Å². The molecule has 0 saturated carbocycles. The average molecular weight is 273 g/mol. The quantitative estimate of drug-likeness (QED) is 0.675. The number of hydrogen-bond acceptors (Lipinski definition) is 4. The molecule has 0 fully saturated rings. The summed E-state index contributed by atoms with van der Waals surface area (Å²) >= 11 is 0. The summed E-state index contributed by atoms with van der Waals surface area (Å²) in [5, 5.41) is 17.6. The van der Waals surface area contributed by atoms with Gasteiger partial charge in [0.05, 0.1) is 17.4 Å². The highest BCUT2D eigenvalue weighted by atomic mass is 32.2. The van der Waals surface area contributed by atoms with Gasteiger partial charge in [-0.1, -0.05) is 12.1 Å². The second-order valence-electron chi connectivity index (χ2n) is 3.92. The molecule has 0 aromatic heterocycles. The van der Waals surface area contributed by atoms with Crippen LogP contribution in [0.15, 0.2) is 29.2 Å². The Hall–Kier alpha value is -1.44. The molecule has 1 rings (SSSR count). The highest BCUT2D eigenvalue weighted by Gasteiger charge is 2.14. The fourth-order valence-electron chi connectivity index (χ4n) is 1.27. The normalized spacial score (nSPS) is 13.2. The summed E-state index contributed by atoms with van der Waals surface area (Å²) < 4.78 is 25.7. The Bertz CT molecular complexity index is 507. The van der Waals surface area contributed by atoms with E-state index in [1.54, 1.807) is 0 Å². The van der Waals surface area contributed by atoms with E-state index in [1.165, 1.54) is 31.2 Å². The van der Waals surface area contributed by atoms with Gasteiger partial charge < -0.3 is 10.2 Å². The van der Waals surface area contributed by atoms with Gasteiger partial charge in [0.2, 0.25) is 10.0 Å². The predicted octanol–water partition coefficient (Wildman–Crippen LogP) is -0.0272. The van der Waals surface area contributed by atoms with Crippen LogP contribution in [-0.4, -0.2) is 37.2 Å². The van der Waals surface area contributed by atoms with E-state index < -0.39 is 22.1 Å². The molecule has 1 unspecified atom stereocenters. The number of carboxylic acids is 1. The lowest BCUT2D eigenvalue weighted by molar-refractivity contribution is -0.136. The minimum Gasteiger partial charge on any atom is -0.481 e. The van der Waals surface area contributed by atoms with Crippen LogP contribution in [0.1, 0.15) is 12.5 Å². The minimum atomic E-state index is -3.66. The molecule has 0 aliphatic carbocycles. The number of sulfonamides is 1. The molecule has 1 atom stereocenters. The van der Waals surface area contributed by atoms with Gasteiger partial charge >= 0.3 is 5.97 Å². The summed E-state index contributed by atoms with van der Waals surface area (Å²) in [5.41, 5.74) is 0.525. The first-order valence-electron chi connectivity index (χ1n) is 5.30. The van der Waals surface area contributed by atoms with Gasteiger partial charge in [-0.15, -0.1) is 0 Å². The molecule has 0 amide bonds. The van der Waals surface area contributed by atoms with Crippen LogP contribution in [0, 0.1) is 0 Å². The summed E-state index contributed by atoms with van der Waals surface area (Å²) in [4.78, 5) is 10.5. The third-order valence-corrected chi connectivity index (χ3v) is 3.60. The van der Waals surface area contributed by atoms with E-state index in [1.807, 2.05) is 0 Å². The van der Waals surface area contributed by atoms with Crippen molar-refractivity contribution in [3.8, 4) is 0 Å². The van der Waals surface area contributed by atoms with Gasteiger partial charge in [-0.2, -0.15) is 0 Å². The smallest absolute Gasteiger partial charge is 0.307 e. The number of aliphatic hydroxyl groups excluding tert-OH is 1. The van der Waals surface area contributed by atoms with Gasteiger partial charge in [-0.3, -0.25) is 4.79 Å². The van der Waals surface area contributed by atoms with Crippen LogP contribution >= 0.6 is 0 Å². The second kappa shape index (κ2) is 5.94. The number of nitrogens with one attached hydrogen (secondary N) is 1. The van der Waals surface area contributed by atoms with E-state index in [0.29, 0.717) is 5.56 Å². The van der Waals surface area contributed by atoms with Crippen molar-refractivity contribution in [2.24, 2.45) is 0 Å². The minimum absolute atomic E-state index is 0.0392. The number of aliphatic hydroxyl groups is 1. The molecule has 18 heavy (non-hydrogen) atoms. The molecule has 1 aromatic carbocycles. The molecule has 100 valence electrons. The number of carboxylic acid groups (broad SMARTS) is 1. The molecule has 0 saturated heterocycles. The summed E-state index contributed by atoms with van der Waals surface area (Å²) in [6.07, 6.45) is -0.924. The first kappa shape index (κ1) is 14.6. The maximum atomic E-state index is 11.7. The van der Waals surface area contributed by atoms with Crippen LogP contribution in [0.25, 0.3) is 0 Å². The second-order valence-corrected chi connectivity index (χ2v) is 5.68. The molecule has 7 heteroatoms. The van der Waals surface area contributed by atoms with Crippen LogP contribution in [0.4, 0.5) is 0 Å². The van der Waals surface area contributed by atoms with Crippen molar-refractivity contribution in [1.82, 2.24) is 4.72 Å². The van der Waals surface area contributed by atoms with Crippen molar-refractivity contribution in [2.45, 2.75) is 24.3 Å². The molecule has 3 N–H and O–H groups in total. The van der Waals surface area contributed by atoms with E-state index in [9.17, 15) is 13.2 Å². The van der Waals surface area contributed by atoms with E-state index in [4.69, 9.17) is 10.2 Å². The van der Waals surface area contributed by atoms with Crippen molar-refractivity contribution in [1.29, 1.82) is 0 Å². The number of aliphatic carboxylic acids is 1. The highest BCUT2D eigenvalue weighted by Crippen LogP contribution is 2.11. The number of rotatable bonds is 6. The molecule has 0 heterocycles. The third-order valence-electron chi connectivity index (χ3n) is 2.16. The molecule has 0 spiro atoms. The molecule has 0 aliphatic heterocycles. The van der Waals surface area contributed by atoms with Crippen molar-refractivity contribution in [3.05, 3.63) is 29.8 Å². The number of benzene rings is 1. The summed E-state index contributed by atoms with van der Waals surface area (Å²) in [5.74, 6) is -0.974. The zero-order chi connectivity index (χ0) is 13.8. The van der Waals surface area contributed by atoms with Crippen LogP contribution in [0.2, 0.25) is 0 Å².